The van der Waals surface area contributed by atoms with E-state index in [2.05, 4.69) is 4.98 Å². The molecule has 1 rings (SSSR count). The lowest BCUT2D eigenvalue weighted by Crippen LogP contribution is -1.91. The first-order valence-corrected chi connectivity index (χ1v) is 4.32. The van der Waals surface area contributed by atoms with Crippen LogP contribution in [0.2, 0.25) is 0 Å². The fraction of sp³-hybridized carbons (Fsp3) is 0. The largest absolute Gasteiger partial charge is 0.350 e. The van der Waals surface area contributed by atoms with Crippen LogP contribution in [-0.2, 0) is 10.2 Å². The van der Waals surface area contributed by atoms with E-state index in [9.17, 15) is 16.7 Å². The lowest BCUT2D eigenvalue weighted by atomic mass is 11.0. The van der Waals surface area contributed by atoms with Gasteiger partial charge < -0.3 is 0 Å². The number of aromatic nitrogens is 1. The van der Waals surface area contributed by atoms with Gasteiger partial charge in [-0.05, 0) is 0 Å². The lowest BCUT2D eigenvalue weighted by molar-refractivity contribution is 0.541. The van der Waals surface area contributed by atoms with Crippen molar-refractivity contribution in [2.24, 2.45) is 0 Å². The summed E-state index contributed by atoms with van der Waals surface area (Å²) in [6, 6.07) is 0. The highest BCUT2D eigenvalue weighted by atomic mass is 32.3. The Morgan fingerprint density at radius 2 is 2.20 bits per heavy atom. The number of halogens is 2. The Labute approximate surface area is 59.5 Å². The molecule has 0 aliphatic carbocycles. The highest BCUT2D eigenvalue weighted by Gasteiger charge is 2.15. The van der Waals surface area contributed by atoms with E-state index >= 15 is 0 Å². The second-order valence-corrected chi connectivity index (χ2v) is 3.48. The zero-order valence-corrected chi connectivity index (χ0v) is 6.05. The minimum absolute atomic E-state index is 0.434. The molecule has 1 aromatic rings. The Hall–Kier alpha value is -0.560. The first-order valence-electron chi connectivity index (χ1n) is 2.06. The maximum absolute atomic E-state index is 11.9. The molecule has 0 fully saturated rings. The molecule has 0 bridgehead atoms. The van der Waals surface area contributed by atoms with Crippen molar-refractivity contribution in [3.63, 3.8) is 0 Å². The second-order valence-electron chi connectivity index (χ2n) is 1.38. The van der Waals surface area contributed by atoms with Crippen LogP contribution in [0, 0.1) is 5.26 Å². The fourth-order valence-electron chi connectivity index (χ4n) is 0.350. The van der Waals surface area contributed by atoms with Gasteiger partial charge in [-0.15, -0.1) is 0 Å². The smallest absolute Gasteiger partial charge is 0.195 e. The van der Waals surface area contributed by atoms with E-state index in [1.807, 2.05) is 0 Å². The molecule has 0 unspecified atom stereocenters. The van der Waals surface area contributed by atoms with Gasteiger partial charge in [-0.2, -0.15) is 17.8 Å². The minimum Gasteiger partial charge on any atom is -0.195 e. The molecular weight excluding hydrogens is 184 g/mol. The van der Waals surface area contributed by atoms with Crippen LogP contribution in [0.25, 0.3) is 0 Å². The van der Waals surface area contributed by atoms with E-state index in [0.29, 0.717) is 11.3 Å². The first kappa shape index (κ1) is 7.55. The molecule has 0 amide bonds. The molecule has 0 saturated heterocycles. The van der Waals surface area contributed by atoms with Crippen molar-refractivity contribution in [2.45, 2.75) is 5.03 Å². The second kappa shape index (κ2) is 2.24. The van der Waals surface area contributed by atoms with Gasteiger partial charge in [0.15, 0.2) is 0 Å². The van der Waals surface area contributed by atoms with E-state index in [-0.39, 0.29) is 0 Å². The van der Waals surface area contributed by atoms with Gasteiger partial charge in [0.1, 0.15) is 0 Å². The van der Waals surface area contributed by atoms with Crippen LogP contribution >= 0.6 is 11.3 Å². The maximum atomic E-state index is 11.9. The van der Waals surface area contributed by atoms with Crippen LogP contribution in [-0.4, -0.2) is 13.4 Å². The molecule has 1 aromatic heterocycles. The molecule has 0 spiro atoms. The van der Waals surface area contributed by atoms with Gasteiger partial charge in [-0.3, -0.25) is 0 Å². The number of nitrogens with zero attached hydrogens (tertiary/aromatic N) is 1. The van der Waals surface area contributed by atoms with Crippen LogP contribution in [0.1, 0.15) is 0 Å². The van der Waals surface area contributed by atoms with Crippen molar-refractivity contribution >= 4 is 21.6 Å². The van der Waals surface area contributed by atoms with Crippen LogP contribution in [0.4, 0.5) is 8.28 Å². The van der Waals surface area contributed by atoms with Gasteiger partial charge in [0.2, 0.25) is 5.03 Å². The van der Waals surface area contributed by atoms with Crippen LogP contribution in [0.3, 0.4) is 0 Å². The Bertz CT molecular complexity index is 330. The van der Waals surface area contributed by atoms with Gasteiger partial charge in [-0.1, -0.05) is 15.2 Å². The van der Waals surface area contributed by atoms with E-state index in [4.69, 9.17) is 0 Å². The van der Waals surface area contributed by atoms with Crippen molar-refractivity contribution in [3.8, 4) is 0 Å². The van der Waals surface area contributed by atoms with E-state index in [1.54, 1.807) is 0 Å². The summed E-state index contributed by atoms with van der Waals surface area (Å²) in [5.41, 5.74) is 0. The molecule has 56 valence electrons. The third-order valence-corrected chi connectivity index (χ3v) is 2.19. The van der Waals surface area contributed by atoms with Crippen molar-refractivity contribution in [3.05, 3.63) is 10.6 Å². The van der Waals surface area contributed by atoms with E-state index in [1.165, 1.54) is 0 Å². The molecule has 10 heavy (non-hydrogen) atoms. The molecule has 1 heterocycles. The Morgan fingerprint density at radius 3 is 2.40 bits per heavy atom. The molecule has 0 saturated carbocycles. The summed E-state index contributed by atoms with van der Waals surface area (Å²) >= 11 is 0.434. The normalized spacial score (nSPS) is 11.8. The summed E-state index contributed by atoms with van der Waals surface area (Å²) in [6.07, 6.45) is 0. The molecule has 0 aromatic carbocycles. The monoisotopic (exact) mass is 185 g/mol. The predicted molar refractivity (Wildman–Crippen MR) is 30.4 cm³/mol. The number of hydrogen-bond donors (Lipinski definition) is 0. The van der Waals surface area contributed by atoms with Crippen molar-refractivity contribution in [2.75, 3.05) is 0 Å². The average molecular weight is 185 g/mol. The minimum atomic E-state index is -4.82. The molecule has 0 atom stereocenters. The maximum Gasteiger partial charge on any atom is 0.350 e. The number of thiazole rings is 1. The summed E-state index contributed by atoms with van der Waals surface area (Å²) in [4.78, 5) is 2.77. The highest BCUT2D eigenvalue weighted by Crippen LogP contribution is 2.14. The van der Waals surface area contributed by atoms with Gasteiger partial charge in [0.25, 0.3) is 5.26 Å². The SMILES string of the molecule is O=S(=O)(F)c1csc(F)n1. The summed E-state index contributed by atoms with van der Waals surface area (Å²) in [6.45, 7) is 0. The van der Waals surface area contributed by atoms with E-state index < -0.39 is 20.5 Å². The number of rotatable bonds is 1. The van der Waals surface area contributed by atoms with Crippen molar-refractivity contribution in [1.29, 1.82) is 0 Å². The standard InChI is InChI=1S/C3HF2NO2S2/c4-3-6-2(1-9-3)10(5,7)8/h1H. The number of hydrogen-bond acceptors (Lipinski definition) is 4. The van der Waals surface area contributed by atoms with Gasteiger partial charge >= 0.3 is 10.2 Å². The molecule has 3 nitrogen and oxygen atoms in total. The lowest BCUT2D eigenvalue weighted by Gasteiger charge is -1.80. The summed E-state index contributed by atoms with van der Waals surface area (Å²) in [5.74, 6) is 0. The average Bonchev–Trinajstić information content (AvgIpc) is 2.11. The topological polar surface area (TPSA) is 47.0 Å². The van der Waals surface area contributed by atoms with Gasteiger partial charge in [-0.25, -0.2) is 0 Å². The first-order chi connectivity index (χ1) is 4.50. The quantitative estimate of drug-likeness (QED) is 0.612. The third kappa shape index (κ3) is 1.48. The van der Waals surface area contributed by atoms with Crippen molar-refractivity contribution < 1.29 is 16.7 Å². The predicted octanol–water partition coefficient (Wildman–Crippen LogP) is 0.940. The summed E-state index contributed by atoms with van der Waals surface area (Å²) in [7, 11) is -4.82. The highest BCUT2D eigenvalue weighted by molar-refractivity contribution is 7.86. The summed E-state index contributed by atoms with van der Waals surface area (Å²) < 4.78 is 43.7. The Kier molecular flexibility index (Phi) is 1.69. The Balaban J connectivity index is 3.21. The van der Waals surface area contributed by atoms with Gasteiger partial charge in [0.05, 0.1) is 0 Å². The molecule has 7 heteroatoms. The molecule has 0 aliphatic rings. The molecule has 0 N–H and O–H groups in total. The Morgan fingerprint density at radius 1 is 1.60 bits per heavy atom. The molecule has 0 radical (unpaired) electrons. The van der Waals surface area contributed by atoms with Crippen molar-refractivity contribution in [1.82, 2.24) is 4.98 Å². The zero-order valence-electron chi connectivity index (χ0n) is 4.41. The van der Waals surface area contributed by atoms with Crippen LogP contribution < -0.4 is 0 Å². The van der Waals surface area contributed by atoms with Crippen LogP contribution in [0.15, 0.2) is 10.4 Å². The molecular formula is C3HF2NO2S2. The van der Waals surface area contributed by atoms with E-state index in [0.717, 1.165) is 5.38 Å². The third-order valence-electron chi connectivity index (χ3n) is 0.705. The van der Waals surface area contributed by atoms with Gasteiger partial charge in [0, 0.05) is 5.38 Å². The summed E-state index contributed by atoms with van der Waals surface area (Å²) in [5, 5.41) is -1.03. The molecule has 0 aliphatic heterocycles. The van der Waals surface area contributed by atoms with Crippen LogP contribution in [0.5, 0.6) is 0 Å². The zero-order chi connectivity index (χ0) is 7.78. The fourth-order valence-corrected chi connectivity index (χ4v) is 1.60.